The second kappa shape index (κ2) is 9.26. The van der Waals surface area contributed by atoms with Crippen LogP contribution in [0.1, 0.15) is 26.7 Å². The molecule has 0 saturated carbocycles. The van der Waals surface area contributed by atoms with E-state index in [9.17, 15) is 14.4 Å². The molecule has 7 heteroatoms. The molecule has 0 heterocycles. The first-order chi connectivity index (χ1) is 8.45. The molecule has 0 bridgehead atoms. The molecule has 0 rings (SSSR count). The Bertz CT molecular complexity index is 294. The maximum atomic E-state index is 11.3. The second-order valence-electron chi connectivity index (χ2n) is 4.05. The van der Waals surface area contributed by atoms with Crippen molar-refractivity contribution < 1.29 is 19.5 Å². The van der Waals surface area contributed by atoms with Gasteiger partial charge in [-0.3, -0.25) is 9.59 Å². The Kier molecular flexibility index (Phi) is 8.34. The van der Waals surface area contributed by atoms with Gasteiger partial charge in [-0.1, -0.05) is 6.92 Å². The first-order valence-corrected chi connectivity index (χ1v) is 5.95. The average Bonchev–Trinajstić information content (AvgIpc) is 2.31. The van der Waals surface area contributed by atoms with Gasteiger partial charge in [0.2, 0.25) is 5.91 Å². The van der Waals surface area contributed by atoms with Gasteiger partial charge in [-0.2, -0.15) is 0 Å². The summed E-state index contributed by atoms with van der Waals surface area (Å²) in [7, 11) is 0. The second-order valence-corrected chi connectivity index (χ2v) is 4.05. The number of carbonyl (C=O) groups excluding carboxylic acids is 2. The fourth-order valence-corrected chi connectivity index (χ4v) is 1.22. The van der Waals surface area contributed by atoms with Crippen molar-refractivity contribution in [2.24, 2.45) is 5.92 Å². The van der Waals surface area contributed by atoms with Crippen molar-refractivity contribution >= 4 is 17.9 Å². The smallest absolute Gasteiger partial charge is 0.315 e. The standard InChI is InChI=1S/C11H21N3O4/c1-3-12-9(15)7-14-11(18)13-6-8(2)4-5-10(16)17/h8H,3-7H2,1-2H3,(H,12,15)(H,16,17)(H2,13,14,18). The van der Waals surface area contributed by atoms with Crippen LogP contribution in [0.15, 0.2) is 0 Å². The number of carbonyl (C=O) groups is 3. The minimum Gasteiger partial charge on any atom is -0.481 e. The summed E-state index contributed by atoms with van der Waals surface area (Å²) in [6.45, 7) is 4.49. The van der Waals surface area contributed by atoms with Gasteiger partial charge in [0.15, 0.2) is 0 Å². The van der Waals surface area contributed by atoms with Crippen LogP contribution in [0.4, 0.5) is 4.79 Å². The van der Waals surface area contributed by atoms with Gasteiger partial charge in [0.25, 0.3) is 0 Å². The third-order valence-corrected chi connectivity index (χ3v) is 2.25. The number of carboxylic acids is 1. The van der Waals surface area contributed by atoms with E-state index in [4.69, 9.17) is 5.11 Å². The first kappa shape index (κ1) is 16.2. The largest absolute Gasteiger partial charge is 0.481 e. The van der Waals surface area contributed by atoms with Crippen LogP contribution < -0.4 is 16.0 Å². The van der Waals surface area contributed by atoms with Crippen molar-refractivity contribution in [3.8, 4) is 0 Å². The quantitative estimate of drug-likeness (QED) is 0.489. The summed E-state index contributed by atoms with van der Waals surface area (Å²) in [4.78, 5) is 32.7. The fourth-order valence-electron chi connectivity index (χ4n) is 1.22. The minimum atomic E-state index is -0.845. The molecule has 7 nitrogen and oxygen atoms in total. The van der Waals surface area contributed by atoms with Crippen LogP contribution >= 0.6 is 0 Å². The highest BCUT2D eigenvalue weighted by Gasteiger charge is 2.08. The van der Waals surface area contributed by atoms with Gasteiger partial charge in [-0.25, -0.2) is 4.79 Å². The first-order valence-electron chi connectivity index (χ1n) is 5.95. The summed E-state index contributed by atoms with van der Waals surface area (Å²) in [6.07, 6.45) is 0.593. The molecule has 0 spiro atoms. The number of likely N-dealkylation sites (N-methyl/N-ethyl adjacent to an activating group) is 1. The van der Waals surface area contributed by atoms with Crippen LogP contribution in [-0.4, -0.2) is 42.6 Å². The maximum absolute atomic E-state index is 11.3. The Labute approximate surface area is 106 Å². The summed E-state index contributed by atoms with van der Waals surface area (Å²) < 4.78 is 0. The van der Waals surface area contributed by atoms with Crippen LogP contribution in [0.3, 0.4) is 0 Å². The minimum absolute atomic E-state index is 0.0663. The lowest BCUT2D eigenvalue weighted by atomic mass is 10.1. The molecule has 0 aromatic heterocycles. The van der Waals surface area contributed by atoms with Gasteiger partial charge >= 0.3 is 12.0 Å². The molecule has 1 atom stereocenters. The fraction of sp³-hybridized carbons (Fsp3) is 0.727. The number of carboxylic acid groups (broad SMARTS) is 1. The number of hydrogen-bond donors (Lipinski definition) is 4. The lowest BCUT2D eigenvalue weighted by Crippen LogP contribution is -2.43. The molecule has 0 aromatic rings. The molecule has 0 saturated heterocycles. The highest BCUT2D eigenvalue weighted by Crippen LogP contribution is 2.03. The molecular formula is C11H21N3O4. The molecule has 0 aliphatic rings. The van der Waals surface area contributed by atoms with Crippen LogP contribution in [-0.2, 0) is 9.59 Å². The van der Waals surface area contributed by atoms with Crippen LogP contribution in [0.2, 0.25) is 0 Å². The Hall–Kier alpha value is -1.79. The summed E-state index contributed by atoms with van der Waals surface area (Å²) >= 11 is 0. The van der Waals surface area contributed by atoms with E-state index in [1.165, 1.54) is 0 Å². The lowest BCUT2D eigenvalue weighted by Gasteiger charge is -2.12. The van der Waals surface area contributed by atoms with E-state index in [0.29, 0.717) is 19.5 Å². The molecule has 0 aliphatic heterocycles. The number of rotatable bonds is 8. The Morgan fingerprint density at radius 1 is 1.17 bits per heavy atom. The van der Waals surface area contributed by atoms with E-state index in [-0.39, 0.29) is 24.8 Å². The van der Waals surface area contributed by atoms with Gasteiger partial charge in [-0.15, -0.1) is 0 Å². The van der Waals surface area contributed by atoms with Crippen molar-refractivity contribution in [3.05, 3.63) is 0 Å². The number of aliphatic carboxylic acids is 1. The molecule has 104 valence electrons. The molecule has 0 aromatic carbocycles. The lowest BCUT2D eigenvalue weighted by molar-refractivity contribution is -0.137. The summed E-state index contributed by atoms with van der Waals surface area (Å²) in [5.74, 6) is -1.01. The van der Waals surface area contributed by atoms with Gasteiger partial charge in [0.05, 0.1) is 6.54 Å². The molecule has 4 N–H and O–H groups in total. The van der Waals surface area contributed by atoms with E-state index in [2.05, 4.69) is 16.0 Å². The Balaban J connectivity index is 3.63. The average molecular weight is 259 g/mol. The Morgan fingerprint density at radius 3 is 2.39 bits per heavy atom. The number of amides is 3. The van der Waals surface area contributed by atoms with Gasteiger partial charge in [0.1, 0.15) is 0 Å². The summed E-state index contributed by atoms with van der Waals surface area (Å²) in [5.41, 5.74) is 0. The Morgan fingerprint density at radius 2 is 1.83 bits per heavy atom. The zero-order valence-electron chi connectivity index (χ0n) is 10.8. The van der Waals surface area contributed by atoms with Crippen molar-refractivity contribution in [3.63, 3.8) is 0 Å². The van der Waals surface area contributed by atoms with Crippen molar-refractivity contribution in [1.29, 1.82) is 0 Å². The van der Waals surface area contributed by atoms with Gasteiger partial charge < -0.3 is 21.1 Å². The van der Waals surface area contributed by atoms with Gasteiger partial charge in [0, 0.05) is 19.5 Å². The summed E-state index contributed by atoms with van der Waals surface area (Å²) in [6, 6.07) is -0.427. The van der Waals surface area contributed by atoms with E-state index in [1.807, 2.05) is 6.92 Å². The normalized spacial score (nSPS) is 11.4. The van der Waals surface area contributed by atoms with Crippen LogP contribution in [0.25, 0.3) is 0 Å². The number of hydrogen-bond acceptors (Lipinski definition) is 3. The van der Waals surface area contributed by atoms with E-state index in [0.717, 1.165) is 0 Å². The number of urea groups is 1. The monoisotopic (exact) mass is 259 g/mol. The van der Waals surface area contributed by atoms with Crippen LogP contribution in [0, 0.1) is 5.92 Å². The SMILES string of the molecule is CCNC(=O)CNC(=O)NCC(C)CCC(=O)O. The van der Waals surface area contributed by atoms with E-state index >= 15 is 0 Å². The highest BCUT2D eigenvalue weighted by atomic mass is 16.4. The third-order valence-electron chi connectivity index (χ3n) is 2.25. The molecular weight excluding hydrogens is 238 g/mol. The van der Waals surface area contributed by atoms with E-state index < -0.39 is 12.0 Å². The topological polar surface area (TPSA) is 108 Å². The van der Waals surface area contributed by atoms with Crippen molar-refractivity contribution in [2.75, 3.05) is 19.6 Å². The third kappa shape index (κ3) is 9.44. The molecule has 0 aliphatic carbocycles. The van der Waals surface area contributed by atoms with Crippen molar-refractivity contribution in [2.45, 2.75) is 26.7 Å². The molecule has 18 heavy (non-hydrogen) atoms. The summed E-state index contributed by atoms with van der Waals surface area (Å²) in [5, 5.41) is 16.0. The maximum Gasteiger partial charge on any atom is 0.315 e. The zero-order valence-corrected chi connectivity index (χ0v) is 10.8. The highest BCUT2D eigenvalue weighted by molar-refractivity contribution is 5.83. The zero-order chi connectivity index (χ0) is 14.0. The van der Waals surface area contributed by atoms with Crippen LogP contribution in [0.5, 0.6) is 0 Å². The number of nitrogens with one attached hydrogen (secondary N) is 3. The van der Waals surface area contributed by atoms with Crippen molar-refractivity contribution in [1.82, 2.24) is 16.0 Å². The molecule has 1 unspecified atom stereocenters. The molecule has 0 radical (unpaired) electrons. The molecule has 0 fully saturated rings. The predicted molar refractivity (Wildman–Crippen MR) is 66.1 cm³/mol. The van der Waals surface area contributed by atoms with Gasteiger partial charge in [-0.05, 0) is 19.3 Å². The predicted octanol–water partition coefficient (Wildman–Crippen LogP) is -0.0774. The van der Waals surface area contributed by atoms with E-state index in [1.54, 1.807) is 6.92 Å². The molecule has 3 amide bonds.